The number of benzene rings is 2. The molecule has 0 aliphatic heterocycles. The number of alkyl halides is 16. The molecule has 0 nitrogen and oxygen atoms in total. The summed E-state index contributed by atoms with van der Waals surface area (Å²) in [5.74, 6) is -42.7. The van der Waals surface area contributed by atoms with Gasteiger partial charge in [0, 0.05) is 9.79 Å². The normalized spacial score (nSPS) is 16.1. The van der Waals surface area contributed by atoms with Crippen molar-refractivity contribution in [3.63, 3.8) is 0 Å². The van der Waals surface area contributed by atoms with E-state index in [9.17, 15) is 74.6 Å². The van der Waals surface area contributed by atoms with Crippen molar-refractivity contribution in [1.82, 2.24) is 0 Å². The van der Waals surface area contributed by atoms with E-state index in [0.29, 0.717) is 12.1 Å². The van der Waals surface area contributed by atoms with Gasteiger partial charge in [0.2, 0.25) is 0 Å². The lowest BCUT2D eigenvalue weighted by Crippen LogP contribution is -2.74. The van der Waals surface area contributed by atoms with Crippen LogP contribution in [0.3, 0.4) is 0 Å². The van der Waals surface area contributed by atoms with Gasteiger partial charge in [-0.05, 0) is 60.3 Å². The predicted octanol–water partition coefficient (Wildman–Crippen LogP) is 9.85. The van der Waals surface area contributed by atoms with Gasteiger partial charge in [-0.1, -0.05) is 11.8 Å². The highest BCUT2D eigenvalue weighted by Crippen LogP contribution is 2.68. The first-order chi connectivity index (χ1) is 17.7. The van der Waals surface area contributed by atoms with Gasteiger partial charge < -0.3 is 0 Å². The number of hydrogen-bond donors (Lipinski definition) is 0. The summed E-state index contributed by atoms with van der Waals surface area (Å²) in [6, 6.07) is 1.08. The summed E-state index contributed by atoms with van der Waals surface area (Å²) in [5, 5.41) is -13.9. The fraction of sp³-hybridized carbons (Fsp3) is 0.400. The van der Waals surface area contributed by atoms with Crippen LogP contribution in [0.2, 0.25) is 0 Å². The molecular formula is C20H8F18S2. The summed E-state index contributed by atoms with van der Waals surface area (Å²) < 4.78 is 250. The molecule has 2 aromatic rings. The Morgan fingerprint density at radius 2 is 0.700 bits per heavy atom. The SMILES string of the molecule is Fc1ccc(SC(F)(F)C(F)(F)C(F)(F)C(F)(Sc2ccc(F)cc2)C(F)(F)C(F)(F)C(F)(F)C(F)(F)F)cc1. The molecule has 0 N–H and O–H groups in total. The highest BCUT2D eigenvalue weighted by Gasteiger charge is 2.94. The van der Waals surface area contributed by atoms with Gasteiger partial charge in [0.05, 0.1) is 0 Å². The zero-order chi connectivity index (χ0) is 31.4. The molecule has 0 aliphatic rings. The molecule has 2 rings (SSSR count). The van der Waals surface area contributed by atoms with Gasteiger partial charge in [0.15, 0.2) is 0 Å². The van der Waals surface area contributed by atoms with Crippen molar-refractivity contribution in [1.29, 1.82) is 0 Å². The lowest BCUT2D eigenvalue weighted by molar-refractivity contribution is -0.423. The maximum absolute atomic E-state index is 15.5. The van der Waals surface area contributed by atoms with Gasteiger partial charge >= 0.3 is 41.0 Å². The molecule has 0 saturated carbocycles. The standard InChI is InChI=1S/C20H8F18S2/c21-9-1-5-11(6-2-9)39-18(33,14(25,26)13(23,24)16(29,30)19(34,35)36)15(27,28)17(31,32)20(37,38)40-12-7-3-10(22)4-8-12/h1-8H. The summed E-state index contributed by atoms with van der Waals surface area (Å²) in [7, 11) is 0. The van der Waals surface area contributed by atoms with E-state index < -0.39 is 91.0 Å². The third kappa shape index (κ3) is 5.29. The monoisotopic (exact) mass is 654 g/mol. The van der Waals surface area contributed by atoms with Gasteiger partial charge in [-0.25, -0.2) is 13.2 Å². The Hall–Kier alpha value is -2.12. The molecule has 40 heavy (non-hydrogen) atoms. The summed E-state index contributed by atoms with van der Waals surface area (Å²) in [4.78, 5) is -2.92. The predicted molar refractivity (Wildman–Crippen MR) is 104 cm³/mol. The molecule has 226 valence electrons. The van der Waals surface area contributed by atoms with Crippen molar-refractivity contribution in [2.45, 2.75) is 55.8 Å². The summed E-state index contributed by atoms with van der Waals surface area (Å²) in [6.45, 7) is 0. The van der Waals surface area contributed by atoms with Gasteiger partial charge in [-0.15, -0.1) is 0 Å². The minimum atomic E-state index is -8.32. The minimum absolute atomic E-state index is 0.0654. The molecule has 0 aromatic heterocycles. The molecule has 0 amide bonds. The molecule has 0 aliphatic carbocycles. The molecule has 0 radical (unpaired) electrons. The van der Waals surface area contributed by atoms with Crippen LogP contribution in [0, 0.1) is 11.6 Å². The first-order valence-corrected chi connectivity index (χ1v) is 11.2. The Balaban J connectivity index is 2.81. The zero-order valence-electron chi connectivity index (χ0n) is 18.2. The second-order valence-electron chi connectivity index (χ2n) is 7.59. The van der Waals surface area contributed by atoms with Crippen LogP contribution in [0.15, 0.2) is 58.3 Å². The van der Waals surface area contributed by atoms with Crippen molar-refractivity contribution in [3.8, 4) is 0 Å². The highest BCUT2D eigenvalue weighted by molar-refractivity contribution is 8.01. The summed E-state index contributed by atoms with van der Waals surface area (Å²) in [5.41, 5.74) is 0. The quantitative estimate of drug-likeness (QED) is 0.185. The number of halogens is 18. The van der Waals surface area contributed by atoms with E-state index in [2.05, 4.69) is 0 Å². The van der Waals surface area contributed by atoms with Crippen LogP contribution in [0.1, 0.15) is 0 Å². The van der Waals surface area contributed by atoms with Crippen LogP contribution in [0.4, 0.5) is 79.0 Å². The summed E-state index contributed by atoms with van der Waals surface area (Å²) >= 11 is -3.94. The van der Waals surface area contributed by atoms with Crippen LogP contribution in [0.25, 0.3) is 0 Å². The lowest BCUT2D eigenvalue weighted by Gasteiger charge is -2.46. The Morgan fingerprint density at radius 3 is 1.05 bits per heavy atom. The van der Waals surface area contributed by atoms with Crippen LogP contribution < -0.4 is 0 Å². The second kappa shape index (κ2) is 10.3. The Morgan fingerprint density at radius 1 is 0.375 bits per heavy atom. The highest BCUT2D eigenvalue weighted by atomic mass is 32.2. The molecule has 0 heterocycles. The maximum Gasteiger partial charge on any atom is 0.460 e. The molecule has 0 spiro atoms. The third-order valence-electron chi connectivity index (χ3n) is 4.84. The Bertz CT molecular complexity index is 1170. The van der Waals surface area contributed by atoms with Crippen molar-refractivity contribution in [3.05, 3.63) is 60.2 Å². The number of rotatable bonds is 10. The molecule has 1 atom stereocenters. The van der Waals surface area contributed by atoms with E-state index >= 15 is 4.39 Å². The molecule has 0 bridgehead atoms. The number of hydrogen-bond acceptors (Lipinski definition) is 2. The largest absolute Gasteiger partial charge is 0.460 e. The molecule has 1 unspecified atom stereocenters. The molecule has 0 fully saturated rings. The molecular weight excluding hydrogens is 646 g/mol. The van der Waals surface area contributed by atoms with E-state index in [1.165, 1.54) is 0 Å². The van der Waals surface area contributed by atoms with E-state index in [1.807, 2.05) is 0 Å². The van der Waals surface area contributed by atoms with Crippen molar-refractivity contribution < 1.29 is 79.0 Å². The van der Waals surface area contributed by atoms with E-state index in [4.69, 9.17) is 0 Å². The van der Waals surface area contributed by atoms with Crippen molar-refractivity contribution in [2.24, 2.45) is 0 Å². The van der Waals surface area contributed by atoms with E-state index in [-0.39, 0.29) is 36.4 Å². The van der Waals surface area contributed by atoms with Gasteiger partial charge in [0.1, 0.15) is 11.6 Å². The first kappa shape index (κ1) is 34.1. The number of thioether (sulfide) groups is 2. The molecule has 20 heteroatoms. The Labute approximate surface area is 219 Å². The minimum Gasteiger partial charge on any atom is -0.217 e. The Kier molecular flexibility index (Phi) is 8.78. The van der Waals surface area contributed by atoms with Gasteiger partial charge in [-0.3, -0.25) is 0 Å². The van der Waals surface area contributed by atoms with Crippen molar-refractivity contribution >= 4 is 23.5 Å². The fourth-order valence-corrected chi connectivity index (χ4v) is 4.60. The second-order valence-corrected chi connectivity index (χ2v) is 10.0. The smallest absolute Gasteiger partial charge is 0.217 e. The topological polar surface area (TPSA) is 0 Å². The fourth-order valence-electron chi connectivity index (χ4n) is 2.67. The molecule has 2 aromatic carbocycles. The van der Waals surface area contributed by atoms with Gasteiger partial charge in [0.25, 0.3) is 5.00 Å². The van der Waals surface area contributed by atoms with Crippen LogP contribution in [-0.2, 0) is 0 Å². The zero-order valence-corrected chi connectivity index (χ0v) is 19.9. The van der Waals surface area contributed by atoms with Crippen LogP contribution >= 0.6 is 23.5 Å². The van der Waals surface area contributed by atoms with E-state index in [1.54, 1.807) is 0 Å². The molecule has 0 saturated heterocycles. The first-order valence-electron chi connectivity index (χ1n) is 9.61. The third-order valence-corrected chi connectivity index (χ3v) is 7.17. The van der Waals surface area contributed by atoms with E-state index in [0.717, 1.165) is 0 Å². The van der Waals surface area contributed by atoms with Gasteiger partial charge in [-0.2, -0.15) is 65.9 Å². The lowest BCUT2D eigenvalue weighted by atomic mass is 9.92. The van der Waals surface area contributed by atoms with Crippen LogP contribution in [-0.4, -0.2) is 46.0 Å². The maximum atomic E-state index is 15.5. The van der Waals surface area contributed by atoms with Crippen molar-refractivity contribution in [2.75, 3.05) is 0 Å². The average molecular weight is 654 g/mol. The van der Waals surface area contributed by atoms with Crippen LogP contribution in [0.5, 0.6) is 0 Å². The summed E-state index contributed by atoms with van der Waals surface area (Å²) in [6.07, 6.45) is -7.73. The average Bonchev–Trinajstić information content (AvgIpc) is 2.80.